The van der Waals surface area contributed by atoms with Crippen LogP contribution in [0.1, 0.15) is 12.8 Å². The molecule has 0 aliphatic carbocycles. The molecule has 1 aliphatic rings. The molecule has 1 N–H and O–H groups in total. The van der Waals surface area contributed by atoms with Gasteiger partial charge in [0.15, 0.2) is 0 Å². The van der Waals surface area contributed by atoms with Crippen molar-refractivity contribution in [3.8, 4) is 0 Å². The van der Waals surface area contributed by atoms with Crippen LogP contribution in [-0.2, 0) is 19.1 Å². The third kappa shape index (κ3) is 5.70. The lowest BCUT2D eigenvalue weighted by atomic mass is 10.4. The molecule has 1 heterocycles. The van der Waals surface area contributed by atoms with Crippen LogP contribution < -0.4 is 5.32 Å². The molecule has 0 spiro atoms. The third-order valence-electron chi connectivity index (χ3n) is 1.22. The number of hydrogen-bond acceptors (Lipinski definition) is 4. The molecule has 0 aromatic rings. The minimum Gasteiger partial charge on any atom is -0.432 e. The molecule has 0 aromatic carbocycles. The molecular formula is C9H11NO4. The summed E-state index contributed by atoms with van der Waals surface area (Å²) in [6, 6.07) is 0. The normalized spacial score (nSPS) is 13.4. The highest BCUT2D eigenvalue weighted by Gasteiger charge is 2.15. The lowest BCUT2D eigenvalue weighted by molar-refractivity contribution is -0.132. The highest BCUT2D eigenvalue weighted by Crippen LogP contribution is 1.95. The largest absolute Gasteiger partial charge is 0.432 e. The molecule has 0 radical (unpaired) electrons. The predicted octanol–water partition coefficient (Wildman–Crippen LogP) is 0.282. The fourth-order valence-corrected chi connectivity index (χ4v) is 0.638. The van der Waals surface area contributed by atoms with Gasteiger partial charge in [-0.25, -0.2) is 4.79 Å². The highest BCUT2D eigenvalue weighted by atomic mass is 16.5. The van der Waals surface area contributed by atoms with E-state index >= 15 is 0 Å². The Kier molecular flexibility index (Phi) is 5.69. The van der Waals surface area contributed by atoms with Gasteiger partial charge in [-0.1, -0.05) is 13.2 Å². The van der Waals surface area contributed by atoms with Crippen LogP contribution >= 0.6 is 0 Å². The average molecular weight is 197 g/mol. The Bertz CT molecular complexity index is 256. The van der Waals surface area contributed by atoms with Gasteiger partial charge in [-0.2, -0.15) is 0 Å². The van der Waals surface area contributed by atoms with Gasteiger partial charge < -0.3 is 4.74 Å². The van der Waals surface area contributed by atoms with Crippen molar-refractivity contribution in [3.05, 3.63) is 25.5 Å². The molecule has 14 heavy (non-hydrogen) atoms. The van der Waals surface area contributed by atoms with E-state index in [-0.39, 0.29) is 11.8 Å². The van der Waals surface area contributed by atoms with Crippen molar-refractivity contribution in [1.29, 1.82) is 0 Å². The molecular weight excluding hydrogens is 186 g/mol. The quantitative estimate of drug-likeness (QED) is 0.299. The molecule has 1 rings (SSSR count). The van der Waals surface area contributed by atoms with Gasteiger partial charge in [0.25, 0.3) is 0 Å². The zero-order valence-electron chi connectivity index (χ0n) is 7.62. The van der Waals surface area contributed by atoms with Crippen LogP contribution in [0.25, 0.3) is 0 Å². The van der Waals surface area contributed by atoms with Crippen LogP contribution in [0.2, 0.25) is 0 Å². The molecule has 0 aromatic heterocycles. The van der Waals surface area contributed by atoms with Crippen molar-refractivity contribution >= 4 is 17.8 Å². The second-order valence-electron chi connectivity index (χ2n) is 2.28. The van der Waals surface area contributed by atoms with Crippen LogP contribution in [0.3, 0.4) is 0 Å². The smallest absolute Gasteiger partial charge is 0.334 e. The molecule has 1 fully saturated rings. The topological polar surface area (TPSA) is 72.5 Å². The van der Waals surface area contributed by atoms with E-state index in [1.54, 1.807) is 0 Å². The van der Waals surface area contributed by atoms with E-state index in [0.717, 1.165) is 12.3 Å². The van der Waals surface area contributed by atoms with Gasteiger partial charge in [0.2, 0.25) is 11.8 Å². The Hall–Kier alpha value is -1.91. The molecule has 1 aliphatic heterocycles. The minimum atomic E-state index is -0.477. The highest BCUT2D eigenvalue weighted by molar-refractivity contribution is 6.01. The summed E-state index contributed by atoms with van der Waals surface area (Å²) < 4.78 is 4.20. The van der Waals surface area contributed by atoms with Gasteiger partial charge in [0.05, 0.1) is 6.26 Å². The molecule has 5 nitrogen and oxygen atoms in total. The summed E-state index contributed by atoms with van der Waals surface area (Å²) in [6.45, 7) is 6.31. The summed E-state index contributed by atoms with van der Waals surface area (Å²) in [7, 11) is 0. The van der Waals surface area contributed by atoms with Crippen LogP contribution in [-0.4, -0.2) is 17.8 Å². The Labute approximate surface area is 81.4 Å². The van der Waals surface area contributed by atoms with E-state index < -0.39 is 5.97 Å². The fourth-order valence-electron chi connectivity index (χ4n) is 0.638. The first kappa shape index (κ1) is 12.1. The third-order valence-corrected chi connectivity index (χ3v) is 1.22. The summed E-state index contributed by atoms with van der Waals surface area (Å²) in [5.74, 6) is -0.773. The summed E-state index contributed by atoms with van der Waals surface area (Å²) >= 11 is 0. The second-order valence-corrected chi connectivity index (χ2v) is 2.28. The van der Waals surface area contributed by atoms with E-state index in [9.17, 15) is 14.4 Å². The van der Waals surface area contributed by atoms with E-state index in [0.29, 0.717) is 12.8 Å². The lowest BCUT2D eigenvalue weighted by Crippen LogP contribution is -2.18. The maximum atomic E-state index is 10.1. The van der Waals surface area contributed by atoms with Crippen molar-refractivity contribution in [2.45, 2.75) is 12.8 Å². The molecule has 76 valence electrons. The number of rotatable bonds is 2. The number of imide groups is 1. The number of carbonyl (C=O) groups is 3. The molecule has 0 unspecified atom stereocenters. The van der Waals surface area contributed by atoms with Gasteiger partial charge in [-0.15, -0.1) is 0 Å². The molecule has 0 bridgehead atoms. The standard InChI is InChI=1S/C5H6O2.C4H5NO2/c1-3-5(6)7-4-2;6-3-1-2-4(7)5-3/h3-4H,1-2H2;1-2H2,(H,5,6,7). The first-order chi connectivity index (χ1) is 6.60. The Morgan fingerprint density at radius 1 is 1.29 bits per heavy atom. The molecule has 0 atom stereocenters. The molecule has 5 heteroatoms. The van der Waals surface area contributed by atoms with Gasteiger partial charge >= 0.3 is 5.97 Å². The zero-order valence-corrected chi connectivity index (χ0v) is 7.62. The molecule has 2 amide bonds. The number of amides is 2. The fraction of sp³-hybridized carbons (Fsp3) is 0.222. The van der Waals surface area contributed by atoms with E-state index in [4.69, 9.17) is 0 Å². The van der Waals surface area contributed by atoms with Crippen molar-refractivity contribution in [1.82, 2.24) is 5.32 Å². The van der Waals surface area contributed by atoms with E-state index in [1.165, 1.54) is 0 Å². The summed E-state index contributed by atoms with van der Waals surface area (Å²) in [4.78, 5) is 30.2. The van der Waals surface area contributed by atoms with E-state index in [1.807, 2.05) is 0 Å². The SMILES string of the molecule is C=COC(=O)C=C.O=C1CCC(=O)N1. The predicted molar refractivity (Wildman–Crippen MR) is 48.9 cm³/mol. The maximum Gasteiger partial charge on any atom is 0.334 e. The monoisotopic (exact) mass is 197 g/mol. The minimum absolute atomic E-state index is 0.148. The van der Waals surface area contributed by atoms with Crippen molar-refractivity contribution < 1.29 is 19.1 Å². The van der Waals surface area contributed by atoms with Gasteiger partial charge in [-0.05, 0) is 0 Å². The summed E-state index contributed by atoms with van der Waals surface area (Å²) in [5, 5.41) is 2.14. The number of ether oxygens (including phenoxy) is 1. The number of nitrogens with one attached hydrogen (secondary N) is 1. The first-order valence-electron chi connectivity index (χ1n) is 3.86. The maximum absolute atomic E-state index is 10.1. The number of esters is 1. The molecule has 0 saturated carbocycles. The average Bonchev–Trinajstić information content (AvgIpc) is 2.51. The van der Waals surface area contributed by atoms with Crippen LogP contribution in [0.15, 0.2) is 25.5 Å². The first-order valence-corrected chi connectivity index (χ1v) is 3.86. The Morgan fingerprint density at radius 2 is 1.79 bits per heavy atom. The Morgan fingerprint density at radius 3 is 1.93 bits per heavy atom. The Balaban J connectivity index is 0.000000241. The number of carbonyl (C=O) groups excluding carboxylic acids is 3. The van der Waals surface area contributed by atoms with E-state index in [2.05, 4.69) is 23.2 Å². The van der Waals surface area contributed by atoms with Crippen LogP contribution in [0, 0.1) is 0 Å². The number of hydrogen-bond donors (Lipinski definition) is 1. The van der Waals surface area contributed by atoms with Crippen molar-refractivity contribution in [2.75, 3.05) is 0 Å². The van der Waals surface area contributed by atoms with Crippen LogP contribution in [0.4, 0.5) is 0 Å². The van der Waals surface area contributed by atoms with Gasteiger partial charge in [0.1, 0.15) is 0 Å². The van der Waals surface area contributed by atoms with Crippen molar-refractivity contribution in [3.63, 3.8) is 0 Å². The lowest BCUT2D eigenvalue weighted by Gasteiger charge is -1.85. The summed E-state index contributed by atoms with van der Waals surface area (Å²) in [6.07, 6.45) is 2.88. The van der Waals surface area contributed by atoms with Crippen molar-refractivity contribution in [2.24, 2.45) is 0 Å². The molecule has 1 saturated heterocycles. The second kappa shape index (κ2) is 6.59. The zero-order chi connectivity index (χ0) is 11.0. The van der Waals surface area contributed by atoms with Gasteiger partial charge in [0, 0.05) is 18.9 Å². The summed E-state index contributed by atoms with van der Waals surface area (Å²) in [5.41, 5.74) is 0. The van der Waals surface area contributed by atoms with Crippen LogP contribution in [0.5, 0.6) is 0 Å². The van der Waals surface area contributed by atoms with Gasteiger partial charge in [-0.3, -0.25) is 14.9 Å².